The number of para-hydroxylation sites is 1. The zero-order valence-electron chi connectivity index (χ0n) is 12.9. The number of halogens is 1. The van der Waals surface area contributed by atoms with Crippen molar-refractivity contribution in [2.45, 2.75) is 6.42 Å². The maximum Gasteiger partial charge on any atom is 0.337 e. The Morgan fingerprint density at radius 1 is 1.21 bits per heavy atom. The number of nitrogens with one attached hydrogen (secondary N) is 2. The van der Waals surface area contributed by atoms with Crippen molar-refractivity contribution in [1.82, 2.24) is 4.98 Å². The van der Waals surface area contributed by atoms with Crippen LogP contribution in [0.25, 0.3) is 10.9 Å². The van der Waals surface area contributed by atoms with Crippen LogP contribution in [0.1, 0.15) is 15.9 Å². The number of carbonyl (C=O) groups excluding carboxylic acids is 2. The summed E-state index contributed by atoms with van der Waals surface area (Å²) < 4.78 is 4.67. The number of amides is 1. The molecule has 0 atom stereocenters. The molecule has 3 rings (SSSR count). The molecule has 5 nitrogen and oxygen atoms in total. The Kier molecular flexibility index (Phi) is 4.53. The molecular formula is C18H15ClN2O3. The lowest BCUT2D eigenvalue weighted by molar-refractivity contribution is -0.115. The summed E-state index contributed by atoms with van der Waals surface area (Å²) in [5.41, 5.74) is 2.57. The molecule has 6 heteroatoms. The molecule has 0 saturated heterocycles. The lowest BCUT2D eigenvalue weighted by Crippen LogP contribution is -2.15. The lowest BCUT2D eigenvalue weighted by atomic mass is 10.1. The Labute approximate surface area is 143 Å². The van der Waals surface area contributed by atoms with Gasteiger partial charge in [-0.3, -0.25) is 4.79 Å². The molecule has 0 aliphatic carbocycles. The Morgan fingerprint density at radius 2 is 2.00 bits per heavy atom. The summed E-state index contributed by atoms with van der Waals surface area (Å²) in [6, 6.07) is 12.4. The first-order valence-electron chi connectivity index (χ1n) is 7.31. The first kappa shape index (κ1) is 16.1. The van der Waals surface area contributed by atoms with Crippen LogP contribution < -0.4 is 5.32 Å². The van der Waals surface area contributed by atoms with Gasteiger partial charge < -0.3 is 15.0 Å². The van der Waals surface area contributed by atoms with Gasteiger partial charge >= 0.3 is 5.97 Å². The van der Waals surface area contributed by atoms with Crippen molar-refractivity contribution >= 4 is 40.1 Å². The number of H-pyrrole nitrogens is 1. The predicted molar refractivity (Wildman–Crippen MR) is 93.4 cm³/mol. The zero-order valence-corrected chi connectivity index (χ0v) is 13.7. The highest BCUT2D eigenvalue weighted by atomic mass is 35.5. The van der Waals surface area contributed by atoms with E-state index < -0.39 is 5.97 Å². The number of carbonyl (C=O) groups is 2. The van der Waals surface area contributed by atoms with Gasteiger partial charge in [-0.25, -0.2) is 4.79 Å². The monoisotopic (exact) mass is 342 g/mol. The van der Waals surface area contributed by atoms with Crippen LogP contribution in [0.15, 0.2) is 48.7 Å². The normalized spacial score (nSPS) is 10.6. The van der Waals surface area contributed by atoms with Gasteiger partial charge in [-0.05, 0) is 29.8 Å². The molecule has 2 N–H and O–H groups in total. The van der Waals surface area contributed by atoms with Crippen LogP contribution in [0.3, 0.4) is 0 Å². The van der Waals surface area contributed by atoms with E-state index in [-0.39, 0.29) is 12.3 Å². The Bertz CT molecular complexity index is 918. The van der Waals surface area contributed by atoms with E-state index in [2.05, 4.69) is 15.0 Å². The molecule has 1 aromatic heterocycles. The maximum atomic E-state index is 12.3. The highest BCUT2D eigenvalue weighted by Crippen LogP contribution is 2.24. The third-order valence-electron chi connectivity index (χ3n) is 3.69. The number of hydrogen-bond donors (Lipinski definition) is 2. The van der Waals surface area contributed by atoms with Crippen molar-refractivity contribution < 1.29 is 14.3 Å². The minimum atomic E-state index is -0.487. The fraction of sp³-hybridized carbons (Fsp3) is 0.111. The molecule has 0 radical (unpaired) electrons. The number of benzene rings is 2. The molecule has 0 saturated carbocycles. The zero-order chi connectivity index (χ0) is 17.1. The van der Waals surface area contributed by atoms with E-state index in [0.29, 0.717) is 16.3 Å². The van der Waals surface area contributed by atoms with E-state index in [4.69, 9.17) is 11.6 Å². The van der Waals surface area contributed by atoms with Crippen molar-refractivity contribution in [3.63, 3.8) is 0 Å². The number of fused-ring (bicyclic) bond motifs is 1. The highest BCUT2D eigenvalue weighted by Gasteiger charge is 2.13. The van der Waals surface area contributed by atoms with Gasteiger partial charge in [0.05, 0.1) is 29.8 Å². The van der Waals surface area contributed by atoms with Crippen molar-refractivity contribution in [1.29, 1.82) is 0 Å². The molecule has 0 bridgehead atoms. The van der Waals surface area contributed by atoms with Crippen molar-refractivity contribution in [3.8, 4) is 0 Å². The topological polar surface area (TPSA) is 71.2 Å². The van der Waals surface area contributed by atoms with Gasteiger partial charge in [-0.1, -0.05) is 29.8 Å². The maximum absolute atomic E-state index is 12.3. The van der Waals surface area contributed by atoms with Crippen molar-refractivity contribution in [2.24, 2.45) is 0 Å². The van der Waals surface area contributed by atoms with Gasteiger partial charge in [-0.2, -0.15) is 0 Å². The summed E-state index contributed by atoms with van der Waals surface area (Å²) >= 11 is 6.09. The second-order valence-electron chi connectivity index (χ2n) is 5.27. The smallest absolute Gasteiger partial charge is 0.337 e. The summed E-state index contributed by atoms with van der Waals surface area (Å²) in [5.74, 6) is -0.706. The lowest BCUT2D eigenvalue weighted by Gasteiger charge is -2.09. The number of methoxy groups -OCH3 is 1. The van der Waals surface area contributed by atoms with Crippen LogP contribution in [0.5, 0.6) is 0 Å². The largest absolute Gasteiger partial charge is 0.465 e. The van der Waals surface area contributed by atoms with Crippen LogP contribution in [-0.2, 0) is 16.0 Å². The van der Waals surface area contributed by atoms with E-state index >= 15 is 0 Å². The molecule has 0 aliphatic rings. The van der Waals surface area contributed by atoms with E-state index in [1.165, 1.54) is 13.2 Å². The molecule has 122 valence electrons. The Hall–Kier alpha value is -2.79. The number of aromatic amines is 1. The van der Waals surface area contributed by atoms with Gasteiger partial charge in [0.2, 0.25) is 5.91 Å². The number of hydrogen-bond acceptors (Lipinski definition) is 3. The molecule has 0 unspecified atom stereocenters. The van der Waals surface area contributed by atoms with Crippen LogP contribution in [-0.4, -0.2) is 24.0 Å². The summed E-state index contributed by atoms with van der Waals surface area (Å²) in [4.78, 5) is 27.0. The Balaban J connectivity index is 1.78. The average Bonchev–Trinajstić information content (AvgIpc) is 2.99. The average molecular weight is 343 g/mol. The molecule has 24 heavy (non-hydrogen) atoms. The minimum absolute atomic E-state index is 0.197. The third kappa shape index (κ3) is 3.26. The molecule has 2 aromatic carbocycles. The number of aromatic nitrogens is 1. The standard InChI is InChI=1S/C18H15ClN2O3/c1-24-18(23)11-6-7-14(19)16(8-11)21-17(22)9-12-10-20-15-5-3-2-4-13(12)15/h2-8,10,20H,9H2,1H3,(H,21,22). The van der Waals surface area contributed by atoms with Crippen LogP contribution in [0.2, 0.25) is 5.02 Å². The van der Waals surface area contributed by atoms with Crippen LogP contribution in [0, 0.1) is 0 Å². The van der Waals surface area contributed by atoms with Crippen molar-refractivity contribution in [2.75, 3.05) is 12.4 Å². The highest BCUT2D eigenvalue weighted by molar-refractivity contribution is 6.33. The molecular weight excluding hydrogens is 328 g/mol. The van der Waals surface area contributed by atoms with Gasteiger partial charge in [0.15, 0.2) is 0 Å². The van der Waals surface area contributed by atoms with Gasteiger partial charge in [0.1, 0.15) is 0 Å². The first-order chi connectivity index (χ1) is 11.6. The summed E-state index contributed by atoms with van der Waals surface area (Å²) in [7, 11) is 1.30. The first-order valence-corrected chi connectivity index (χ1v) is 7.69. The second kappa shape index (κ2) is 6.76. The van der Waals surface area contributed by atoms with Gasteiger partial charge in [0, 0.05) is 17.1 Å². The van der Waals surface area contributed by atoms with Gasteiger partial charge in [0.25, 0.3) is 0 Å². The molecule has 0 fully saturated rings. The number of ether oxygens (including phenoxy) is 1. The summed E-state index contributed by atoms with van der Waals surface area (Å²) in [6.45, 7) is 0. The molecule has 0 aliphatic heterocycles. The van der Waals surface area contributed by atoms with Gasteiger partial charge in [-0.15, -0.1) is 0 Å². The number of rotatable bonds is 4. The van der Waals surface area contributed by atoms with E-state index in [1.807, 2.05) is 30.5 Å². The third-order valence-corrected chi connectivity index (χ3v) is 4.02. The molecule has 3 aromatic rings. The summed E-state index contributed by atoms with van der Waals surface area (Å²) in [6.07, 6.45) is 2.01. The molecule has 1 amide bonds. The molecule has 1 heterocycles. The Morgan fingerprint density at radius 3 is 2.79 bits per heavy atom. The van der Waals surface area contributed by atoms with Crippen LogP contribution in [0.4, 0.5) is 5.69 Å². The van der Waals surface area contributed by atoms with E-state index in [0.717, 1.165) is 16.5 Å². The van der Waals surface area contributed by atoms with E-state index in [1.54, 1.807) is 12.1 Å². The minimum Gasteiger partial charge on any atom is -0.465 e. The fourth-order valence-electron chi connectivity index (χ4n) is 2.51. The summed E-state index contributed by atoms with van der Waals surface area (Å²) in [5, 5.41) is 4.10. The molecule has 0 spiro atoms. The number of esters is 1. The SMILES string of the molecule is COC(=O)c1ccc(Cl)c(NC(=O)Cc2c[nH]c3ccccc23)c1. The van der Waals surface area contributed by atoms with Crippen molar-refractivity contribution in [3.05, 3.63) is 64.8 Å². The second-order valence-corrected chi connectivity index (χ2v) is 5.68. The predicted octanol–water partition coefficient (Wildman–Crippen LogP) is 3.79. The van der Waals surface area contributed by atoms with E-state index in [9.17, 15) is 9.59 Å². The fourth-order valence-corrected chi connectivity index (χ4v) is 2.68. The quantitative estimate of drug-likeness (QED) is 0.709. The van der Waals surface area contributed by atoms with Crippen LogP contribution >= 0.6 is 11.6 Å². The number of anilines is 1.